The zero-order valence-corrected chi connectivity index (χ0v) is 20.3. The Bertz CT molecular complexity index is 1430. The lowest BCUT2D eigenvalue weighted by molar-refractivity contribution is 0.0673. The largest absolute Gasteiger partial charge is 0.379 e. The summed E-state index contributed by atoms with van der Waals surface area (Å²) in [6.45, 7) is 4.41. The van der Waals surface area contributed by atoms with E-state index >= 15 is 0 Å². The lowest BCUT2D eigenvalue weighted by atomic mass is 10.0. The first-order chi connectivity index (χ1) is 16.8. The van der Waals surface area contributed by atoms with Crippen LogP contribution in [-0.4, -0.2) is 25.3 Å². The summed E-state index contributed by atoms with van der Waals surface area (Å²) in [4.78, 5) is 15.3. The Morgan fingerprint density at radius 3 is 2.26 bits per heavy atom. The van der Waals surface area contributed by atoms with Crippen molar-refractivity contribution in [2.45, 2.75) is 37.8 Å². The van der Waals surface area contributed by atoms with E-state index in [1.807, 2.05) is 61.2 Å². The van der Waals surface area contributed by atoms with E-state index < -0.39 is 15.9 Å². The number of hydrogen-bond acceptors (Lipinski definition) is 4. The number of fused-ring (bicyclic) bond motifs is 1. The van der Waals surface area contributed by atoms with Gasteiger partial charge in [-0.1, -0.05) is 55.5 Å². The highest BCUT2D eigenvalue weighted by Crippen LogP contribution is 2.24. The molecule has 7 heteroatoms. The minimum atomic E-state index is -4.08. The van der Waals surface area contributed by atoms with Crippen molar-refractivity contribution in [2.75, 3.05) is 0 Å². The van der Waals surface area contributed by atoms with Gasteiger partial charge in [-0.15, -0.1) is 0 Å². The fraction of sp³-hybridized carbons (Fsp3) is 0.179. The third-order valence-corrected chi connectivity index (χ3v) is 7.25. The van der Waals surface area contributed by atoms with E-state index in [2.05, 4.69) is 0 Å². The van der Waals surface area contributed by atoms with Crippen molar-refractivity contribution >= 4 is 26.8 Å². The predicted molar refractivity (Wildman–Crippen MR) is 134 cm³/mol. The van der Waals surface area contributed by atoms with Gasteiger partial charge in [-0.2, -0.15) is 8.42 Å². The van der Waals surface area contributed by atoms with E-state index in [1.165, 1.54) is 0 Å². The molecule has 180 valence electrons. The van der Waals surface area contributed by atoms with Crippen LogP contribution in [-0.2, 0) is 16.7 Å². The number of benzene rings is 4. The first kappa shape index (κ1) is 24.4. The van der Waals surface area contributed by atoms with Crippen molar-refractivity contribution < 1.29 is 21.8 Å². The van der Waals surface area contributed by atoms with Gasteiger partial charge in [0.15, 0.2) is 0 Å². The van der Waals surface area contributed by atoms with E-state index in [4.69, 9.17) is 4.18 Å². The average Bonchev–Trinajstić information content (AvgIpc) is 2.87. The summed E-state index contributed by atoms with van der Waals surface area (Å²) in [6, 6.07) is 24.5. The highest BCUT2D eigenvalue weighted by molar-refractivity contribution is 7.87. The van der Waals surface area contributed by atoms with Gasteiger partial charge in [0.05, 0.1) is 0 Å². The van der Waals surface area contributed by atoms with Gasteiger partial charge in [0.25, 0.3) is 5.91 Å². The van der Waals surface area contributed by atoms with Gasteiger partial charge in [-0.25, -0.2) is 4.39 Å². The molecular weight excluding hydrogens is 465 g/mol. The molecule has 0 fully saturated rings. The first-order valence-corrected chi connectivity index (χ1v) is 12.8. The van der Waals surface area contributed by atoms with Crippen molar-refractivity contribution in [2.24, 2.45) is 0 Å². The molecule has 0 aliphatic heterocycles. The van der Waals surface area contributed by atoms with E-state index in [0.717, 1.165) is 47.0 Å². The Morgan fingerprint density at radius 1 is 0.914 bits per heavy atom. The molecule has 0 aliphatic rings. The minimum absolute atomic E-state index is 0.00347. The fourth-order valence-electron chi connectivity index (χ4n) is 3.84. The molecule has 0 aliphatic carbocycles. The molecule has 0 bridgehead atoms. The molecule has 0 heterocycles. The standard InChI is InChI=1S/C28H26FNO4S/c1-3-20(2)30(28(31)27-10-6-8-22-7-4-5-9-26(22)27)19-21-11-15-24(16-12-21)34-35(32,33)25-17-13-23(29)14-18-25/h4-18,20H,3,19H2,1-2H3. The van der Waals surface area contributed by atoms with Crippen LogP contribution in [0.5, 0.6) is 5.75 Å². The monoisotopic (exact) mass is 491 g/mol. The summed E-state index contributed by atoms with van der Waals surface area (Å²) in [6.07, 6.45) is 0.785. The Hall–Kier alpha value is -3.71. The third kappa shape index (κ3) is 5.52. The lowest BCUT2D eigenvalue weighted by Crippen LogP contribution is -2.37. The molecule has 1 atom stereocenters. The number of rotatable bonds is 8. The van der Waals surface area contributed by atoms with E-state index in [9.17, 15) is 17.6 Å². The molecule has 5 nitrogen and oxygen atoms in total. The summed E-state index contributed by atoms with van der Waals surface area (Å²) >= 11 is 0. The molecule has 0 saturated heterocycles. The van der Waals surface area contributed by atoms with Gasteiger partial charge in [-0.05, 0) is 72.1 Å². The summed E-state index contributed by atoms with van der Waals surface area (Å²) in [5.74, 6) is -0.457. The summed E-state index contributed by atoms with van der Waals surface area (Å²) in [5.41, 5.74) is 1.49. The summed E-state index contributed by atoms with van der Waals surface area (Å²) in [5, 5.41) is 1.91. The van der Waals surface area contributed by atoms with Crippen molar-refractivity contribution in [3.05, 3.63) is 108 Å². The quantitative estimate of drug-likeness (QED) is 0.276. The van der Waals surface area contributed by atoms with Crippen LogP contribution in [0.4, 0.5) is 4.39 Å². The van der Waals surface area contributed by atoms with Gasteiger partial charge in [0, 0.05) is 18.2 Å². The van der Waals surface area contributed by atoms with Crippen LogP contribution in [0.1, 0.15) is 36.2 Å². The molecule has 1 unspecified atom stereocenters. The van der Waals surface area contributed by atoms with Crippen LogP contribution < -0.4 is 4.18 Å². The van der Waals surface area contributed by atoms with Crippen molar-refractivity contribution in [3.63, 3.8) is 0 Å². The number of carbonyl (C=O) groups is 1. The number of halogens is 1. The topological polar surface area (TPSA) is 63.7 Å². The summed E-state index contributed by atoms with van der Waals surface area (Å²) in [7, 11) is -4.08. The smallest absolute Gasteiger partial charge is 0.339 e. The van der Waals surface area contributed by atoms with Crippen LogP contribution in [0.3, 0.4) is 0 Å². The normalized spacial score (nSPS) is 12.3. The summed E-state index contributed by atoms with van der Waals surface area (Å²) < 4.78 is 43.2. The van der Waals surface area contributed by atoms with Crippen LogP contribution >= 0.6 is 0 Å². The first-order valence-electron chi connectivity index (χ1n) is 11.4. The molecule has 0 spiro atoms. The number of hydrogen-bond donors (Lipinski definition) is 0. The predicted octanol–water partition coefficient (Wildman–Crippen LogP) is 6.19. The second-order valence-electron chi connectivity index (χ2n) is 8.35. The van der Waals surface area contributed by atoms with E-state index in [1.54, 1.807) is 24.3 Å². The van der Waals surface area contributed by atoms with Crippen molar-refractivity contribution in [1.82, 2.24) is 4.90 Å². The zero-order valence-electron chi connectivity index (χ0n) is 19.5. The highest BCUT2D eigenvalue weighted by Gasteiger charge is 2.23. The fourth-order valence-corrected chi connectivity index (χ4v) is 4.77. The van der Waals surface area contributed by atoms with Crippen LogP contribution in [0, 0.1) is 5.82 Å². The highest BCUT2D eigenvalue weighted by atomic mass is 32.2. The van der Waals surface area contributed by atoms with Gasteiger partial charge in [-0.3, -0.25) is 4.79 Å². The Labute approximate surface area is 204 Å². The number of nitrogens with zero attached hydrogens (tertiary/aromatic N) is 1. The molecule has 0 radical (unpaired) electrons. The lowest BCUT2D eigenvalue weighted by Gasteiger charge is -2.29. The van der Waals surface area contributed by atoms with Gasteiger partial charge in [0.1, 0.15) is 16.5 Å². The number of carbonyl (C=O) groups excluding carboxylic acids is 1. The maximum Gasteiger partial charge on any atom is 0.339 e. The van der Waals surface area contributed by atoms with Gasteiger partial charge < -0.3 is 9.08 Å². The zero-order chi connectivity index (χ0) is 25.0. The second-order valence-corrected chi connectivity index (χ2v) is 9.90. The molecule has 35 heavy (non-hydrogen) atoms. The molecule has 4 rings (SSSR count). The maximum absolute atomic E-state index is 13.6. The Balaban J connectivity index is 1.55. The van der Waals surface area contributed by atoms with E-state index in [-0.39, 0.29) is 22.6 Å². The van der Waals surface area contributed by atoms with Crippen LogP contribution in [0.25, 0.3) is 10.8 Å². The third-order valence-electron chi connectivity index (χ3n) is 5.99. The Morgan fingerprint density at radius 2 is 1.57 bits per heavy atom. The molecule has 4 aromatic rings. The van der Waals surface area contributed by atoms with Crippen molar-refractivity contribution in [1.29, 1.82) is 0 Å². The van der Waals surface area contributed by atoms with Gasteiger partial charge in [0.2, 0.25) is 0 Å². The molecule has 1 amide bonds. The van der Waals surface area contributed by atoms with Crippen LogP contribution in [0.2, 0.25) is 0 Å². The number of amides is 1. The average molecular weight is 492 g/mol. The molecule has 0 saturated carbocycles. The SMILES string of the molecule is CCC(C)N(Cc1ccc(OS(=O)(=O)c2ccc(F)cc2)cc1)C(=O)c1cccc2ccccc12. The Kier molecular flexibility index (Phi) is 7.17. The van der Waals surface area contributed by atoms with Crippen LogP contribution in [0.15, 0.2) is 95.9 Å². The van der Waals surface area contributed by atoms with E-state index in [0.29, 0.717) is 12.1 Å². The minimum Gasteiger partial charge on any atom is -0.379 e. The molecule has 0 N–H and O–H groups in total. The molecule has 0 aromatic heterocycles. The van der Waals surface area contributed by atoms with Crippen molar-refractivity contribution in [3.8, 4) is 5.75 Å². The maximum atomic E-state index is 13.6. The van der Waals surface area contributed by atoms with Gasteiger partial charge >= 0.3 is 10.1 Å². The molecule has 4 aromatic carbocycles. The second kappa shape index (κ2) is 10.3. The molecular formula is C28H26FNO4S.